The third-order valence-electron chi connectivity index (χ3n) is 4.46. The quantitative estimate of drug-likeness (QED) is 0.806. The molecule has 1 fully saturated rings. The molecular formula is C18H21ClN2O4S2. The molecule has 0 spiro atoms. The van der Waals surface area contributed by atoms with Gasteiger partial charge in [0.2, 0.25) is 10.0 Å². The molecule has 146 valence electrons. The van der Waals surface area contributed by atoms with Crippen LogP contribution in [-0.2, 0) is 20.0 Å². The highest BCUT2D eigenvalue weighted by molar-refractivity contribution is 7.93. The van der Waals surface area contributed by atoms with Gasteiger partial charge < -0.3 is 0 Å². The smallest absolute Gasteiger partial charge is 0.262 e. The first-order chi connectivity index (χ1) is 12.5. The fourth-order valence-electron chi connectivity index (χ4n) is 3.46. The molecule has 0 unspecified atom stereocenters. The van der Waals surface area contributed by atoms with Crippen molar-refractivity contribution in [2.24, 2.45) is 0 Å². The topological polar surface area (TPSA) is 83.6 Å². The molecule has 1 aliphatic rings. The number of nitrogens with zero attached hydrogens (tertiary/aromatic N) is 1. The second-order valence-electron chi connectivity index (χ2n) is 6.74. The van der Waals surface area contributed by atoms with E-state index in [1.54, 1.807) is 19.9 Å². The molecule has 0 radical (unpaired) electrons. The molecule has 0 aromatic heterocycles. The van der Waals surface area contributed by atoms with Crippen molar-refractivity contribution in [1.29, 1.82) is 0 Å². The molecule has 2 aromatic rings. The predicted molar refractivity (Wildman–Crippen MR) is 109 cm³/mol. The van der Waals surface area contributed by atoms with E-state index in [1.165, 1.54) is 16.4 Å². The van der Waals surface area contributed by atoms with Gasteiger partial charge in [0.05, 0.1) is 27.0 Å². The summed E-state index contributed by atoms with van der Waals surface area (Å²) in [4.78, 5) is 0.218. The molecule has 3 rings (SSSR count). The summed E-state index contributed by atoms with van der Waals surface area (Å²) in [5.41, 5.74) is 2.92. The Morgan fingerprint density at radius 1 is 1.07 bits per heavy atom. The van der Waals surface area contributed by atoms with Gasteiger partial charge in [-0.05, 0) is 56.5 Å². The molecule has 27 heavy (non-hydrogen) atoms. The van der Waals surface area contributed by atoms with Crippen LogP contribution < -0.4 is 9.03 Å². The lowest BCUT2D eigenvalue weighted by atomic mass is 10.1. The van der Waals surface area contributed by atoms with Crippen LogP contribution in [0.15, 0.2) is 35.2 Å². The van der Waals surface area contributed by atoms with E-state index in [1.807, 2.05) is 19.1 Å². The average molecular weight is 429 g/mol. The van der Waals surface area contributed by atoms with Gasteiger partial charge in [-0.1, -0.05) is 29.3 Å². The van der Waals surface area contributed by atoms with E-state index in [0.717, 1.165) is 5.56 Å². The SMILES string of the molecule is Cc1cc(C)c(S(=O)(=O)Nc2ccc(N3CCCS3(=O)=O)cc2Cl)c(C)c1. The van der Waals surface area contributed by atoms with Gasteiger partial charge in [-0.2, -0.15) is 0 Å². The van der Waals surface area contributed by atoms with Crippen molar-refractivity contribution in [3.05, 3.63) is 52.0 Å². The van der Waals surface area contributed by atoms with Crippen LogP contribution in [0.2, 0.25) is 5.02 Å². The van der Waals surface area contributed by atoms with Crippen molar-refractivity contribution in [3.8, 4) is 0 Å². The second kappa shape index (κ2) is 7.00. The maximum Gasteiger partial charge on any atom is 0.262 e. The number of hydrogen-bond acceptors (Lipinski definition) is 4. The van der Waals surface area contributed by atoms with Crippen LogP contribution in [0, 0.1) is 20.8 Å². The lowest BCUT2D eigenvalue weighted by Gasteiger charge is -2.19. The van der Waals surface area contributed by atoms with Gasteiger partial charge in [-0.25, -0.2) is 16.8 Å². The van der Waals surface area contributed by atoms with Gasteiger partial charge in [0, 0.05) is 6.54 Å². The molecule has 9 heteroatoms. The predicted octanol–water partition coefficient (Wildman–Crippen LogP) is 3.61. The monoisotopic (exact) mass is 428 g/mol. The number of nitrogens with one attached hydrogen (secondary N) is 1. The number of aryl methyl sites for hydroxylation is 3. The number of anilines is 2. The Morgan fingerprint density at radius 3 is 2.22 bits per heavy atom. The molecule has 0 aliphatic carbocycles. The van der Waals surface area contributed by atoms with Gasteiger partial charge in [-0.3, -0.25) is 9.03 Å². The van der Waals surface area contributed by atoms with E-state index in [-0.39, 0.29) is 21.4 Å². The van der Waals surface area contributed by atoms with E-state index >= 15 is 0 Å². The third-order valence-corrected chi connectivity index (χ3v) is 8.31. The van der Waals surface area contributed by atoms with Crippen LogP contribution in [-0.4, -0.2) is 29.1 Å². The van der Waals surface area contributed by atoms with Crippen molar-refractivity contribution in [3.63, 3.8) is 0 Å². The molecule has 1 aliphatic heterocycles. The summed E-state index contributed by atoms with van der Waals surface area (Å²) < 4.78 is 53.7. The summed E-state index contributed by atoms with van der Waals surface area (Å²) in [5, 5.41) is 0.139. The number of sulfonamides is 2. The molecule has 1 N–H and O–H groups in total. The Morgan fingerprint density at radius 2 is 1.70 bits per heavy atom. The van der Waals surface area contributed by atoms with Crippen LogP contribution in [0.4, 0.5) is 11.4 Å². The standard InChI is InChI=1S/C18H21ClN2O4S2/c1-12-9-13(2)18(14(3)10-12)27(24,25)20-17-6-5-15(11-16(17)19)21-7-4-8-26(21,22)23/h5-6,9-11,20H,4,7-8H2,1-3H3. The minimum atomic E-state index is -3.83. The summed E-state index contributed by atoms with van der Waals surface area (Å²) in [7, 11) is -7.16. The van der Waals surface area contributed by atoms with E-state index < -0.39 is 20.0 Å². The van der Waals surface area contributed by atoms with Crippen molar-refractivity contribution in [1.82, 2.24) is 0 Å². The Balaban J connectivity index is 1.95. The summed E-state index contributed by atoms with van der Waals surface area (Å²) in [6, 6.07) is 8.13. The zero-order valence-electron chi connectivity index (χ0n) is 15.3. The molecule has 1 saturated heterocycles. The minimum Gasteiger partial charge on any atom is -0.278 e. The molecule has 6 nitrogen and oxygen atoms in total. The van der Waals surface area contributed by atoms with Crippen molar-refractivity contribution in [2.45, 2.75) is 32.1 Å². The van der Waals surface area contributed by atoms with Crippen LogP contribution in [0.5, 0.6) is 0 Å². The first kappa shape index (κ1) is 20.0. The molecule has 1 heterocycles. The largest absolute Gasteiger partial charge is 0.278 e. The van der Waals surface area contributed by atoms with Crippen molar-refractivity contribution >= 4 is 43.0 Å². The second-order valence-corrected chi connectivity index (χ2v) is 10.8. The maximum atomic E-state index is 12.9. The number of rotatable bonds is 4. The van der Waals surface area contributed by atoms with E-state index in [9.17, 15) is 16.8 Å². The zero-order valence-corrected chi connectivity index (χ0v) is 17.7. The summed E-state index contributed by atoms with van der Waals surface area (Å²) in [6.45, 7) is 5.80. The lowest BCUT2D eigenvalue weighted by Crippen LogP contribution is -2.25. The van der Waals surface area contributed by atoms with Crippen LogP contribution in [0.1, 0.15) is 23.1 Å². The summed E-state index contributed by atoms with van der Waals surface area (Å²) in [6.07, 6.45) is 0.556. The number of halogens is 1. The Hall–Kier alpha value is -1.77. The first-order valence-electron chi connectivity index (χ1n) is 8.42. The number of benzene rings is 2. The molecule has 0 saturated carbocycles. The van der Waals surface area contributed by atoms with Crippen molar-refractivity contribution < 1.29 is 16.8 Å². The molecule has 0 atom stereocenters. The fraction of sp³-hybridized carbons (Fsp3) is 0.333. The molecule has 0 amide bonds. The van der Waals surface area contributed by atoms with Gasteiger partial charge in [0.15, 0.2) is 0 Å². The van der Waals surface area contributed by atoms with Crippen molar-refractivity contribution in [2.75, 3.05) is 21.3 Å². The third kappa shape index (κ3) is 3.93. The highest BCUT2D eigenvalue weighted by Crippen LogP contribution is 2.33. The zero-order chi connectivity index (χ0) is 20.0. The maximum absolute atomic E-state index is 12.9. The van der Waals surface area contributed by atoms with Crippen LogP contribution >= 0.6 is 11.6 Å². The molecule has 0 bridgehead atoms. The first-order valence-corrected chi connectivity index (χ1v) is 11.9. The summed E-state index contributed by atoms with van der Waals surface area (Å²) in [5.74, 6) is 0.102. The van der Waals surface area contributed by atoms with Crippen LogP contribution in [0.25, 0.3) is 0 Å². The van der Waals surface area contributed by atoms with Gasteiger partial charge >= 0.3 is 0 Å². The lowest BCUT2D eigenvalue weighted by molar-refractivity contribution is 0.598. The average Bonchev–Trinajstić information content (AvgIpc) is 2.87. The Labute approximate surface area is 165 Å². The van der Waals surface area contributed by atoms with Gasteiger partial charge in [0.25, 0.3) is 10.0 Å². The number of hydrogen-bond donors (Lipinski definition) is 1. The normalized spacial score (nSPS) is 16.5. The van der Waals surface area contributed by atoms with Gasteiger partial charge in [-0.15, -0.1) is 0 Å². The Bertz CT molecular complexity index is 1090. The molecular weight excluding hydrogens is 408 g/mol. The molecule has 2 aromatic carbocycles. The highest BCUT2D eigenvalue weighted by atomic mass is 35.5. The van der Waals surface area contributed by atoms with E-state index in [0.29, 0.717) is 29.8 Å². The van der Waals surface area contributed by atoms with E-state index in [2.05, 4.69) is 4.72 Å². The van der Waals surface area contributed by atoms with Crippen LogP contribution in [0.3, 0.4) is 0 Å². The van der Waals surface area contributed by atoms with E-state index in [4.69, 9.17) is 11.6 Å². The minimum absolute atomic E-state index is 0.102. The highest BCUT2D eigenvalue weighted by Gasteiger charge is 2.29. The Kier molecular flexibility index (Phi) is 5.18. The summed E-state index contributed by atoms with van der Waals surface area (Å²) >= 11 is 6.25. The van der Waals surface area contributed by atoms with Gasteiger partial charge in [0.1, 0.15) is 0 Å². The fourth-order valence-corrected chi connectivity index (χ4v) is 6.83.